The number of fused-ring (bicyclic) bond motifs is 3. The maximum atomic E-state index is 14.2. The second-order valence-electron chi connectivity index (χ2n) is 9.49. The number of carbonyl (C=O) groups is 2. The van der Waals surface area contributed by atoms with E-state index in [4.69, 9.17) is 0 Å². The van der Waals surface area contributed by atoms with Crippen molar-refractivity contribution in [1.82, 2.24) is 9.47 Å². The number of benzene rings is 3. The predicted octanol–water partition coefficient (Wildman–Crippen LogP) is 5.24. The molecule has 3 aromatic carbocycles. The van der Waals surface area contributed by atoms with Gasteiger partial charge in [-0.15, -0.1) is 0 Å². The summed E-state index contributed by atoms with van der Waals surface area (Å²) in [7, 11) is 0. The summed E-state index contributed by atoms with van der Waals surface area (Å²) in [6.45, 7) is 0.967. The SMILES string of the molecule is O=C(O)Cn1c2c(c3cc(F)ccc31)CC(C(=O)N(CCc1ccccc1)Cc1ccccc1)CC2. The number of aromatic nitrogens is 1. The van der Waals surface area contributed by atoms with Gasteiger partial charge in [-0.05, 0) is 60.6 Å². The highest BCUT2D eigenvalue weighted by Crippen LogP contribution is 2.36. The summed E-state index contributed by atoms with van der Waals surface area (Å²) in [4.78, 5) is 27.3. The zero-order valence-corrected chi connectivity index (χ0v) is 20.1. The Bertz CT molecular complexity index is 1380. The molecule has 1 heterocycles. The van der Waals surface area contributed by atoms with Crippen LogP contribution in [0.3, 0.4) is 0 Å². The van der Waals surface area contributed by atoms with Gasteiger partial charge in [0.2, 0.25) is 5.91 Å². The molecule has 5 rings (SSSR count). The van der Waals surface area contributed by atoms with E-state index < -0.39 is 5.97 Å². The van der Waals surface area contributed by atoms with Crippen LogP contribution in [0.25, 0.3) is 10.9 Å². The van der Waals surface area contributed by atoms with Gasteiger partial charge in [0.1, 0.15) is 12.4 Å². The molecule has 0 fully saturated rings. The molecule has 1 aliphatic rings. The van der Waals surface area contributed by atoms with Gasteiger partial charge in [0.05, 0.1) is 0 Å². The lowest BCUT2D eigenvalue weighted by Gasteiger charge is -2.30. The quantitative estimate of drug-likeness (QED) is 0.372. The Hall–Kier alpha value is -3.93. The summed E-state index contributed by atoms with van der Waals surface area (Å²) in [5.74, 6) is -1.44. The van der Waals surface area contributed by atoms with Crippen molar-refractivity contribution in [3.8, 4) is 0 Å². The first-order valence-corrected chi connectivity index (χ1v) is 12.4. The monoisotopic (exact) mass is 484 g/mol. The molecule has 184 valence electrons. The fourth-order valence-corrected chi connectivity index (χ4v) is 5.39. The summed E-state index contributed by atoms with van der Waals surface area (Å²) in [5, 5.41) is 10.2. The molecular weight excluding hydrogens is 455 g/mol. The Kier molecular flexibility index (Phi) is 6.85. The fourth-order valence-electron chi connectivity index (χ4n) is 5.39. The second-order valence-corrected chi connectivity index (χ2v) is 9.49. The van der Waals surface area contributed by atoms with Crippen LogP contribution in [0.15, 0.2) is 78.9 Å². The minimum absolute atomic E-state index is 0.0935. The molecular formula is C30H29FN2O3. The molecule has 1 aromatic heterocycles. The van der Waals surface area contributed by atoms with Crippen LogP contribution < -0.4 is 0 Å². The van der Waals surface area contributed by atoms with E-state index in [0.717, 1.165) is 23.2 Å². The Morgan fingerprint density at radius 3 is 2.36 bits per heavy atom. The van der Waals surface area contributed by atoms with Crippen molar-refractivity contribution < 1.29 is 19.1 Å². The van der Waals surface area contributed by atoms with E-state index in [2.05, 4.69) is 12.1 Å². The molecule has 0 saturated heterocycles. The van der Waals surface area contributed by atoms with Crippen LogP contribution in [0.1, 0.15) is 28.8 Å². The number of halogens is 1. The highest BCUT2D eigenvalue weighted by atomic mass is 19.1. The van der Waals surface area contributed by atoms with Crippen molar-refractivity contribution >= 4 is 22.8 Å². The van der Waals surface area contributed by atoms with Gasteiger partial charge in [-0.2, -0.15) is 0 Å². The Morgan fingerprint density at radius 2 is 1.67 bits per heavy atom. The molecule has 4 aromatic rings. The first kappa shape index (κ1) is 23.8. The van der Waals surface area contributed by atoms with Crippen LogP contribution in [0.5, 0.6) is 0 Å². The maximum Gasteiger partial charge on any atom is 0.323 e. The number of carboxylic acids is 1. The standard InChI is InChI=1S/C30H29FN2O3/c31-24-12-14-28-26(18-24)25-17-23(11-13-27(25)33(28)20-29(34)35)30(36)32(19-22-9-5-2-6-10-22)16-15-21-7-3-1-4-8-21/h1-10,12,14,18,23H,11,13,15-17,19-20H2,(H,34,35). The van der Waals surface area contributed by atoms with E-state index in [-0.39, 0.29) is 24.2 Å². The van der Waals surface area contributed by atoms with E-state index in [1.54, 1.807) is 10.6 Å². The van der Waals surface area contributed by atoms with Gasteiger partial charge in [0.15, 0.2) is 0 Å². The molecule has 0 bridgehead atoms. The molecule has 1 atom stereocenters. The molecule has 1 N–H and O–H groups in total. The minimum atomic E-state index is -0.938. The van der Waals surface area contributed by atoms with Crippen molar-refractivity contribution in [1.29, 1.82) is 0 Å². The summed E-state index contributed by atoms with van der Waals surface area (Å²) < 4.78 is 15.9. The third-order valence-electron chi connectivity index (χ3n) is 7.11. The lowest BCUT2D eigenvalue weighted by atomic mass is 9.85. The molecule has 1 aliphatic carbocycles. The first-order valence-electron chi connectivity index (χ1n) is 12.4. The van der Waals surface area contributed by atoms with Gasteiger partial charge in [-0.25, -0.2) is 4.39 Å². The summed E-state index contributed by atoms with van der Waals surface area (Å²) >= 11 is 0. The Balaban J connectivity index is 1.43. The van der Waals surface area contributed by atoms with Crippen molar-refractivity contribution in [2.75, 3.05) is 6.54 Å². The number of hydrogen-bond donors (Lipinski definition) is 1. The number of rotatable bonds is 8. The zero-order valence-electron chi connectivity index (χ0n) is 20.1. The van der Waals surface area contributed by atoms with Gasteiger partial charge in [-0.3, -0.25) is 9.59 Å². The van der Waals surface area contributed by atoms with E-state index in [0.29, 0.717) is 43.3 Å². The zero-order chi connectivity index (χ0) is 25.1. The fraction of sp³-hybridized carbons (Fsp3) is 0.267. The smallest absolute Gasteiger partial charge is 0.323 e. The van der Waals surface area contributed by atoms with Crippen molar-refractivity contribution in [2.45, 2.75) is 38.8 Å². The largest absolute Gasteiger partial charge is 0.480 e. The predicted molar refractivity (Wildman–Crippen MR) is 137 cm³/mol. The summed E-state index contributed by atoms with van der Waals surface area (Å²) in [6.07, 6.45) is 2.48. The topological polar surface area (TPSA) is 62.5 Å². The third kappa shape index (κ3) is 5.03. The van der Waals surface area contributed by atoms with Gasteiger partial charge in [0.25, 0.3) is 0 Å². The normalized spacial score (nSPS) is 15.0. The first-order chi connectivity index (χ1) is 17.5. The van der Waals surface area contributed by atoms with Gasteiger partial charge in [0, 0.05) is 35.6 Å². The van der Waals surface area contributed by atoms with Crippen molar-refractivity contribution in [3.63, 3.8) is 0 Å². The van der Waals surface area contributed by atoms with Crippen LogP contribution in [0.4, 0.5) is 4.39 Å². The molecule has 0 radical (unpaired) electrons. The lowest BCUT2D eigenvalue weighted by molar-refractivity contribution is -0.138. The number of carbonyl (C=O) groups excluding carboxylic acids is 1. The molecule has 5 nitrogen and oxygen atoms in total. The van der Waals surface area contributed by atoms with E-state index in [9.17, 15) is 19.1 Å². The second kappa shape index (κ2) is 10.4. The van der Waals surface area contributed by atoms with E-state index >= 15 is 0 Å². The molecule has 1 unspecified atom stereocenters. The van der Waals surface area contributed by atoms with Gasteiger partial charge >= 0.3 is 5.97 Å². The summed E-state index contributed by atoms with van der Waals surface area (Å²) in [6, 6.07) is 24.6. The average Bonchev–Trinajstić information content (AvgIpc) is 3.18. The molecule has 0 aliphatic heterocycles. The number of nitrogens with zero attached hydrogens (tertiary/aromatic N) is 2. The van der Waals surface area contributed by atoms with Gasteiger partial charge < -0.3 is 14.6 Å². The lowest BCUT2D eigenvalue weighted by Crippen LogP contribution is -2.39. The van der Waals surface area contributed by atoms with E-state index in [1.807, 2.05) is 53.4 Å². The maximum absolute atomic E-state index is 14.2. The van der Waals surface area contributed by atoms with Gasteiger partial charge in [-0.1, -0.05) is 60.7 Å². The number of amides is 1. The van der Waals surface area contributed by atoms with E-state index in [1.165, 1.54) is 17.7 Å². The molecule has 36 heavy (non-hydrogen) atoms. The number of carboxylic acid groups (broad SMARTS) is 1. The summed E-state index contributed by atoms with van der Waals surface area (Å²) in [5.41, 5.74) is 4.78. The highest BCUT2D eigenvalue weighted by molar-refractivity contribution is 5.89. The highest BCUT2D eigenvalue weighted by Gasteiger charge is 2.32. The molecule has 1 amide bonds. The Morgan fingerprint density at radius 1 is 0.972 bits per heavy atom. The molecule has 6 heteroatoms. The van der Waals surface area contributed by atoms with Crippen LogP contribution >= 0.6 is 0 Å². The minimum Gasteiger partial charge on any atom is -0.480 e. The van der Waals surface area contributed by atoms with Crippen LogP contribution in [0, 0.1) is 11.7 Å². The van der Waals surface area contributed by atoms with Crippen molar-refractivity contribution in [2.24, 2.45) is 5.92 Å². The average molecular weight is 485 g/mol. The van der Waals surface area contributed by atoms with Crippen LogP contribution in [-0.4, -0.2) is 33.0 Å². The molecule has 0 spiro atoms. The van der Waals surface area contributed by atoms with Crippen LogP contribution in [0.2, 0.25) is 0 Å². The number of aliphatic carboxylic acids is 1. The molecule has 0 saturated carbocycles. The number of hydrogen-bond acceptors (Lipinski definition) is 2. The Labute approximate surface area is 209 Å². The van der Waals surface area contributed by atoms with Crippen molar-refractivity contribution in [3.05, 3.63) is 107 Å². The third-order valence-corrected chi connectivity index (χ3v) is 7.11. The van der Waals surface area contributed by atoms with Crippen LogP contribution in [-0.2, 0) is 41.9 Å².